The number of hydrogen-bond donors (Lipinski definition) is 3. The molecule has 0 aliphatic heterocycles. The van der Waals surface area contributed by atoms with Crippen LogP contribution in [0.2, 0.25) is 10.0 Å². The van der Waals surface area contributed by atoms with Gasteiger partial charge in [0.1, 0.15) is 6.61 Å². The van der Waals surface area contributed by atoms with E-state index in [1.54, 1.807) is 18.2 Å². The first kappa shape index (κ1) is 19.8. The molecular formula is C16H15Cl2N3O5. The molecule has 2 amide bonds. The minimum absolute atomic E-state index is 0.0115. The van der Waals surface area contributed by atoms with Crippen molar-refractivity contribution in [1.82, 2.24) is 10.3 Å². The summed E-state index contributed by atoms with van der Waals surface area (Å²) < 4.78 is 10.3. The van der Waals surface area contributed by atoms with Crippen LogP contribution < -0.4 is 20.5 Å². The number of carbonyl (C=O) groups is 2. The normalized spacial score (nSPS) is 11.5. The molecule has 138 valence electrons. The SMILES string of the molecule is C[C@H](N)C(=O)NC(=O)Oc1nccc(OCc2cc(Cl)cc(Cl)c2)c1O. The van der Waals surface area contributed by atoms with Crippen molar-refractivity contribution < 1.29 is 24.2 Å². The number of halogens is 2. The minimum atomic E-state index is -1.13. The summed E-state index contributed by atoms with van der Waals surface area (Å²) >= 11 is 11.8. The molecule has 2 rings (SSSR count). The lowest BCUT2D eigenvalue weighted by molar-refractivity contribution is -0.121. The molecule has 10 heteroatoms. The zero-order chi connectivity index (χ0) is 19.3. The summed E-state index contributed by atoms with van der Waals surface area (Å²) in [4.78, 5) is 26.7. The van der Waals surface area contributed by atoms with E-state index in [9.17, 15) is 14.7 Å². The van der Waals surface area contributed by atoms with Gasteiger partial charge in [-0.2, -0.15) is 0 Å². The van der Waals surface area contributed by atoms with E-state index in [2.05, 4.69) is 4.98 Å². The molecule has 4 N–H and O–H groups in total. The highest BCUT2D eigenvalue weighted by atomic mass is 35.5. The van der Waals surface area contributed by atoms with Crippen LogP contribution in [-0.4, -0.2) is 28.1 Å². The van der Waals surface area contributed by atoms with Crippen LogP contribution in [0, 0.1) is 0 Å². The van der Waals surface area contributed by atoms with Gasteiger partial charge in [0.2, 0.25) is 11.7 Å². The maximum absolute atomic E-state index is 11.6. The summed E-state index contributed by atoms with van der Waals surface area (Å²) in [7, 11) is 0. The van der Waals surface area contributed by atoms with Gasteiger partial charge in [0.05, 0.1) is 6.04 Å². The van der Waals surface area contributed by atoms with E-state index in [4.69, 9.17) is 38.4 Å². The Labute approximate surface area is 158 Å². The number of nitrogens with one attached hydrogen (secondary N) is 1. The second kappa shape index (κ2) is 8.70. The van der Waals surface area contributed by atoms with Gasteiger partial charge in [-0.25, -0.2) is 9.78 Å². The monoisotopic (exact) mass is 399 g/mol. The lowest BCUT2D eigenvalue weighted by Gasteiger charge is -2.11. The molecular weight excluding hydrogens is 385 g/mol. The highest BCUT2D eigenvalue weighted by Gasteiger charge is 2.18. The third-order valence-electron chi connectivity index (χ3n) is 3.00. The van der Waals surface area contributed by atoms with E-state index in [0.717, 1.165) is 0 Å². The molecule has 0 radical (unpaired) electrons. The van der Waals surface area contributed by atoms with Crippen LogP contribution >= 0.6 is 23.2 Å². The Kier molecular flexibility index (Phi) is 6.62. The fourth-order valence-electron chi connectivity index (χ4n) is 1.79. The molecule has 0 aliphatic rings. The fourth-order valence-corrected chi connectivity index (χ4v) is 2.36. The third kappa shape index (κ3) is 5.48. The van der Waals surface area contributed by atoms with Gasteiger partial charge in [-0.15, -0.1) is 0 Å². The molecule has 1 heterocycles. The highest BCUT2D eigenvalue weighted by molar-refractivity contribution is 6.34. The van der Waals surface area contributed by atoms with Crippen LogP contribution in [0.5, 0.6) is 17.4 Å². The first-order valence-electron chi connectivity index (χ1n) is 7.30. The maximum atomic E-state index is 11.6. The number of aromatic nitrogens is 1. The molecule has 1 aromatic carbocycles. The van der Waals surface area contributed by atoms with Crippen LogP contribution in [0.4, 0.5) is 4.79 Å². The Bertz CT molecular complexity index is 809. The Balaban J connectivity index is 2.06. The summed E-state index contributed by atoms with van der Waals surface area (Å²) in [6.07, 6.45) is 0.129. The van der Waals surface area contributed by atoms with E-state index >= 15 is 0 Å². The van der Waals surface area contributed by atoms with Gasteiger partial charge >= 0.3 is 6.09 Å². The van der Waals surface area contributed by atoms with Gasteiger partial charge in [-0.1, -0.05) is 23.2 Å². The number of carbonyl (C=O) groups excluding carboxylic acids is 2. The molecule has 0 bridgehead atoms. The number of nitrogens with zero attached hydrogens (tertiary/aromatic N) is 1. The number of hydrogen-bond acceptors (Lipinski definition) is 7. The number of rotatable bonds is 5. The van der Waals surface area contributed by atoms with Gasteiger partial charge in [0.25, 0.3) is 5.88 Å². The predicted molar refractivity (Wildman–Crippen MR) is 94.5 cm³/mol. The van der Waals surface area contributed by atoms with Gasteiger partial charge in [-0.3, -0.25) is 10.1 Å². The number of benzene rings is 1. The van der Waals surface area contributed by atoms with E-state index in [0.29, 0.717) is 15.6 Å². The lowest BCUT2D eigenvalue weighted by Crippen LogP contribution is -2.42. The van der Waals surface area contributed by atoms with Crippen LogP contribution in [0.25, 0.3) is 0 Å². The van der Waals surface area contributed by atoms with Crippen molar-refractivity contribution in [3.63, 3.8) is 0 Å². The molecule has 0 saturated heterocycles. The lowest BCUT2D eigenvalue weighted by atomic mass is 10.2. The second-order valence-corrected chi connectivity index (χ2v) is 6.07. The minimum Gasteiger partial charge on any atom is -0.501 e. The maximum Gasteiger partial charge on any atom is 0.420 e. The Morgan fingerprint density at radius 1 is 1.31 bits per heavy atom. The first-order chi connectivity index (χ1) is 12.3. The quantitative estimate of drug-likeness (QED) is 0.705. The number of aromatic hydroxyl groups is 1. The standard InChI is InChI=1S/C16H15Cl2N3O5/c1-8(19)14(23)21-16(24)26-15-13(22)12(2-3-20-15)25-7-9-4-10(17)6-11(18)5-9/h2-6,8,22H,7,19H2,1H3,(H,21,23,24)/t8-/m0/s1. The van der Waals surface area contributed by atoms with Crippen LogP contribution in [0.15, 0.2) is 30.5 Å². The zero-order valence-corrected chi connectivity index (χ0v) is 15.0. The zero-order valence-electron chi connectivity index (χ0n) is 13.5. The molecule has 8 nitrogen and oxygen atoms in total. The van der Waals surface area contributed by atoms with Crippen molar-refractivity contribution in [3.8, 4) is 17.4 Å². The Hall–Kier alpha value is -2.55. The number of imide groups is 1. The molecule has 1 aromatic heterocycles. The average molecular weight is 400 g/mol. The van der Waals surface area contributed by atoms with E-state index in [-0.39, 0.29) is 12.4 Å². The molecule has 2 aromatic rings. The highest BCUT2D eigenvalue weighted by Crippen LogP contribution is 2.34. The topological polar surface area (TPSA) is 124 Å². The molecule has 0 fully saturated rings. The van der Waals surface area contributed by atoms with Crippen molar-refractivity contribution in [2.75, 3.05) is 0 Å². The molecule has 26 heavy (non-hydrogen) atoms. The predicted octanol–water partition coefficient (Wildman–Crippen LogP) is 2.64. The fraction of sp³-hybridized carbons (Fsp3) is 0.188. The third-order valence-corrected chi connectivity index (χ3v) is 3.43. The largest absolute Gasteiger partial charge is 0.501 e. The van der Waals surface area contributed by atoms with Gasteiger partial charge < -0.3 is 20.3 Å². The number of ether oxygens (including phenoxy) is 2. The summed E-state index contributed by atoms with van der Waals surface area (Å²) in [6.45, 7) is 1.45. The summed E-state index contributed by atoms with van der Waals surface area (Å²) in [5, 5.41) is 12.9. The molecule has 0 saturated carbocycles. The average Bonchev–Trinajstić information content (AvgIpc) is 2.54. The van der Waals surface area contributed by atoms with Gasteiger partial charge in [0.15, 0.2) is 5.75 Å². The van der Waals surface area contributed by atoms with Crippen molar-refractivity contribution in [3.05, 3.63) is 46.1 Å². The smallest absolute Gasteiger partial charge is 0.420 e. The van der Waals surface area contributed by atoms with Crippen molar-refractivity contribution in [2.45, 2.75) is 19.6 Å². The van der Waals surface area contributed by atoms with Crippen molar-refractivity contribution in [2.24, 2.45) is 5.73 Å². The summed E-state index contributed by atoms with van der Waals surface area (Å²) in [5.41, 5.74) is 5.99. The summed E-state index contributed by atoms with van der Waals surface area (Å²) in [5.74, 6) is -1.66. The number of nitrogens with two attached hydrogens (primary N) is 1. The molecule has 0 spiro atoms. The van der Waals surface area contributed by atoms with Crippen molar-refractivity contribution >= 4 is 35.2 Å². The van der Waals surface area contributed by atoms with Crippen molar-refractivity contribution in [1.29, 1.82) is 0 Å². The van der Waals surface area contributed by atoms with Crippen LogP contribution in [-0.2, 0) is 11.4 Å². The van der Waals surface area contributed by atoms with Gasteiger partial charge in [-0.05, 0) is 30.7 Å². The molecule has 1 atom stereocenters. The van der Waals surface area contributed by atoms with Gasteiger partial charge in [0, 0.05) is 22.3 Å². The number of pyridine rings is 1. The first-order valence-corrected chi connectivity index (χ1v) is 8.06. The second-order valence-electron chi connectivity index (χ2n) is 5.20. The van der Waals surface area contributed by atoms with Crippen LogP contribution in [0.3, 0.4) is 0 Å². The Morgan fingerprint density at radius 3 is 2.58 bits per heavy atom. The summed E-state index contributed by atoms with van der Waals surface area (Å²) in [6, 6.07) is 5.35. The van der Waals surface area contributed by atoms with Crippen LogP contribution in [0.1, 0.15) is 12.5 Å². The van der Waals surface area contributed by atoms with E-state index in [1.165, 1.54) is 19.2 Å². The number of amides is 2. The molecule has 0 unspecified atom stereocenters. The Morgan fingerprint density at radius 2 is 1.96 bits per heavy atom. The van der Waals surface area contributed by atoms with E-state index < -0.39 is 29.7 Å². The van der Waals surface area contributed by atoms with E-state index in [1.807, 2.05) is 5.32 Å². The molecule has 0 aliphatic carbocycles.